The molecule has 4 aliphatic heterocycles. The number of benzene rings is 1. The normalized spacial score (nSPS) is 31.7. The number of piperidine rings is 1. The minimum Gasteiger partial charge on any atom is -0.489 e. The molecule has 3 unspecified atom stereocenters. The molecule has 1 aromatic rings. The first kappa shape index (κ1) is 20.2. The van der Waals surface area contributed by atoms with Crippen LogP contribution in [0.15, 0.2) is 30.5 Å². The molecule has 6 rings (SSSR count). The summed E-state index contributed by atoms with van der Waals surface area (Å²) in [5, 5.41) is 2.80. The lowest BCUT2D eigenvalue weighted by Gasteiger charge is -2.58. The van der Waals surface area contributed by atoms with Crippen LogP contribution in [-0.2, 0) is 16.1 Å². The molecule has 170 valence electrons. The Morgan fingerprint density at radius 2 is 1.94 bits per heavy atom. The van der Waals surface area contributed by atoms with E-state index in [2.05, 4.69) is 16.8 Å². The number of nitrogens with one attached hydrogen (secondary N) is 1. The number of allylic oxidation sites excluding steroid dienone is 1. The maximum atomic E-state index is 13.0. The molecule has 32 heavy (non-hydrogen) atoms. The van der Waals surface area contributed by atoms with Crippen molar-refractivity contribution in [3.05, 3.63) is 41.6 Å². The molecule has 3 atom stereocenters. The second-order valence-corrected chi connectivity index (χ2v) is 10.3. The highest BCUT2D eigenvalue weighted by molar-refractivity contribution is 6.01. The zero-order chi connectivity index (χ0) is 21.9. The summed E-state index contributed by atoms with van der Waals surface area (Å²) in [7, 11) is 0. The first-order valence-electron chi connectivity index (χ1n) is 11.9. The third-order valence-corrected chi connectivity index (χ3v) is 7.92. The van der Waals surface area contributed by atoms with Crippen LogP contribution in [0.4, 0.5) is 0 Å². The quantitative estimate of drug-likeness (QED) is 0.784. The van der Waals surface area contributed by atoms with Gasteiger partial charge in [0.1, 0.15) is 17.9 Å². The van der Waals surface area contributed by atoms with Crippen molar-refractivity contribution in [3.63, 3.8) is 0 Å². The van der Waals surface area contributed by atoms with E-state index in [0.717, 1.165) is 49.7 Å². The van der Waals surface area contributed by atoms with Crippen molar-refractivity contribution in [2.45, 2.75) is 63.3 Å². The van der Waals surface area contributed by atoms with E-state index in [1.54, 1.807) is 4.90 Å². The van der Waals surface area contributed by atoms with Gasteiger partial charge >= 0.3 is 0 Å². The number of fused-ring (bicyclic) bond motifs is 1. The first-order chi connectivity index (χ1) is 15.5. The molecule has 7 nitrogen and oxygen atoms in total. The zero-order valence-electron chi connectivity index (χ0n) is 18.5. The number of hydrogen-bond acceptors (Lipinski definition) is 5. The molecule has 1 N–H and O–H groups in total. The molecule has 1 spiro atoms. The molecule has 0 bridgehead atoms. The number of likely N-dealkylation sites (tertiary alicyclic amines) is 1. The van der Waals surface area contributed by atoms with E-state index < -0.39 is 6.04 Å². The third-order valence-electron chi connectivity index (χ3n) is 7.92. The van der Waals surface area contributed by atoms with Crippen molar-refractivity contribution < 1.29 is 19.1 Å². The van der Waals surface area contributed by atoms with Crippen LogP contribution >= 0.6 is 0 Å². The molecule has 0 radical (unpaired) electrons. The summed E-state index contributed by atoms with van der Waals surface area (Å²) in [5.41, 5.74) is 2.78. The number of nitrogens with zero attached hydrogens (tertiary/aromatic N) is 2. The first-order valence-corrected chi connectivity index (χ1v) is 11.9. The van der Waals surface area contributed by atoms with Gasteiger partial charge in [-0.25, -0.2) is 0 Å². The molecule has 1 aliphatic carbocycles. The average molecular weight is 438 g/mol. The van der Waals surface area contributed by atoms with Crippen molar-refractivity contribution in [3.8, 4) is 5.75 Å². The molecule has 3 saturated heterocycles. The molecule has 2 amide bonds. The van der Waals surface area contributed by atoms with E-state index in [0.29, 0.717) is 36.4 Å². The molecule has 1 saturated carbocycles. The van der Waals surface area contributed by atoms with Gasteiger partial charge in [-0.2, -0.15) is 0 Å². The molecule has 4 fully saturated rings. The third kappa shape index (κ3) is 3.33. The second kappa shape index (κ2) is 7.59. The van der Waals surface area contributed by atoms with Crippen molar-refractivity contribution >= 4 is 11.8 Å². The number of amides is 2. The van der Waals surface area contributed by atoms with Gasteiger partial charge in [-0.3, -0.25) is 14.5 Å². The average Bonchev–Trinajstić information content (AvgIpc) is 3.03. The van der Waals surface area contributed by atoms with Gasteiger partial charge in [-0.1, -0.05) is 13.0 Å². The predicted octanol–water partition coefficient (Wildman–Crippen LogP) is 2.46. The molecular formula is C25H31N3O4. The largest absolute Gasteiger partial charge is 0.489 e. The smallest absolute Gasteiger partial charge is 0.255 e. The molecule has 7 heteroatoms. The summed E-state index contributed by atoms with van der Waals surface area (Å²) in [6.45, 7) is 8.36. The lowest BCUT2D eigenvalue weighted by Crippen LogP contribution is -2.70. The van der Waals surface area contributed by atoms with Gasteiger partial charge in [-0.15, -0.1) is 0 Å². The van der Waals surface area contributed by atoms with Crippen LogP contribution in [0.3, 0.4) is 0 Å². The Balaban J connectivity index is 1.14. The van der Waals surface area contributed by atoms with Crippen molar-refractivity contribution in [1.29, 1.82) is 0 Å². The van der Waals surface area contributed by atoms with Crippen LogP contribution in [0.25, 0.3) is 0 Å². The molecule has 0 aromatic heterocycles. The van der Waals surface area contributed by atoms with E-state index in [9.17, 15) is 9.59 Å². The lowest BCUT2D eigenvalue weighted by molar-refractivity contribution is -0.207. The van der Waals surface area contributed by atoms with Crippen molar-refractivity contribution in [2.24, 2.45) is 5.41 Å². The van der Waals surface area contributed by atoms with Crippen LogP contribution in [0, 0.1) is 5.41 Å². The van der Waals surface area contributed by atoms with E-state index in [1.807, 2.05) is 18.2 Å². The van der Waals surface area contributed by atoms with Gasteiger partial charge < -0.3 is 19.7 Å². The monoisotopic (exact) mass is 437 g/mol. The topological polar surface area (TPSA) is 71.1 Å². The SMILES string of the molecule is C=C1CCC(N2Cc3cc(OC4CCCCC4N4CC5(COC5)C4)ccc3C2=O)C(=O)N1. The van der Waals surface area contributed by atoms with E-state index >= 15 is 0 Å². The number of carbonyl (C=O) groups is 2. The minimum atomic E-state index is -0.429. The summed E-state index contributed by atoms with van der Waals surface area (Å²) in [5.74, 6) is 0.635. The zero-order valence-corrected chi connectivity index (χ0v) is 18.5. The van der Waals surface area contributed by atoms with Gasteiger partial charge in [0.2, 0.25) is 5.91 Å². The van der Waals surface area contributed by atoms with Crippen molar-refractivity contribution in [1.82, 2.24) is 15.1 Å². The standard InChI is InChI=1S/C25H31N3O4/c1-16-6-9-21(23(29)26-16)28-11-17-10-18(7-8-19(17)24(28)30)32-22-5-3-2-4-20(22)27-12-25(13-27)14-31-15-25/h7-8,10,20-22H,1-6,9,11-15H2,(H,26,29). The Bertz CT molecular complexity index is 964. The Hall–Kier alpha value is -2.38. The summed E-state index contributed by atoms with van der Waals surface area (Å²) in [6.07, 6.45) is 6.22. The number of carbonyl (C=O) groups excluding carboxylic acids is 2. The van der Waals surface area contributed by atoms with Crippen molar-refractivity contribution in [2.75, 3.05) is 26.3 Å². The number of hydrogen-bond donors (Lipinski definition) is 1. The fourth-order valence-electron chi connectivity index (χ4n) is 6.13. The summed E-state index contributed by atoms with van der Waals surface area (Å²) < 4.78 is 12.0. The van der Waals surface area contributed by atoms with Gasteiger partial charge in [0.15, 0.2) is 0 Å². The van der Waals surface area contributed by atoms with E-state index in [4.69, 9.17) is 9.47 Å². The van der Waals surface area contributed by atoms with E-state index in [1.165, 1.54) is 19.3 Å². The van der Waals surface area contributed by atoms with Gasteiger partial charge in [0.25, 0.3) is 5.91 Å². The molecule has 1 aromatic carbocycles. The lowest BCUT2D eigenvalue weighted by atomic mass is 9.75. The maximum Gasteiger partial charge on any atom is 0.255 e. The van der Waals surface area contributed by atoms with Crippen LogP contribution in [0.2, 0.25) is 0 Å². The molecule has 5 aliphatic rings. The van der Waals surface area contributed by atoms with Gasteiger partial charge in [0.05, 0.1) is 13.2 Å². The highest BCUT2D eigenvalue weighted by Crippen LogP contribution is 2.42. The van der Waals surface area contributed by atoms with E-state index in [-0.39, 0.29) is 17.9 Å². The Morgan fingerprint density at radius 3 is 2.69 bits per heavy atom. The van der Waals surface area contributed by atoms with Crippen LogP contribution in [-0.4, -0.2) is 66.1 Å². The van der Waals surface area contributed by atoms with Gasteiger partial charge in [0, 0.05) is 42.4 Å². The maximum absolute atomic E-state index is 13.0. The predicted molar refractivity (Wildman–Crippen MR) is 118 cm³/mol. The highest BCUT2D eigenvalue weighted by Gasteiger charge is 2.52. The van der Waals surface area contributed by atoms with Crippen LogP contribution < -0.4 is 10.1 Å². The Kier molecular flexibility index (Phi) is 4.80. The number of rotatable bonds is 4. The van der Waals surface area contributed by atoms with Gasteiger partial charge in [-0.05, 0) is 55.9 Å². The summed E-state index contributed by atoms with van der Waals surface area (Å²) in [6, 6.07) is 5.83. The van der Waals surface area contributed by atoms with Crippen LogP contribution in [0.1, 0.15) is 54.4 Å². The Morgan fingerprint density at radius 1 is 1.12 bits per heavy atom. The Labute approximate surface area is 188 Å². The number of ether oxygens (including phenoxy) is 2. The molecule has 4 heterocycles. The highest BCUT2D eigenvalue weighted by atomic mass is 16.5. The summed E-state index contributed by atoms with van der Waals surface area (Å²) >= 11 is 0. The van der Waals surface area contributed by atoms with Crippen LogP contribution in [0.5, 0.6) is 5.75 Å². The second-order valence-electron chi connectivity index (χ2n) is 10.3. The summed E-state index contributed by atoms with van der Waals surface area (Å²) in [4.78, 5) is 29.7. The fraction of sp³-hybridized carbons (Fsp3) is 0.600. The minimum absolute atomic E-state index is 0.0663. The molecular weight excluding hydrogens is 406 g/mol. The fourth-order valence-corrected chi connectivity index (χ4v) is 6.13.